The highest BCUT2D eigenvalue weighted by atomic mass is 16.6. The van der Waals surface area contributed by atoms with Crippen LogP contribution >= 0.6 is 0 Å². The highest BCUT2D eigenvalue weighted by molar-refractivity contribution is 5.95. The van der Waals surface area contributed by atoms with E-state index in [4.69, 9.17) is 9.47 Å². The second-order valence-corrected chi connectivity index (χ2v) is 3.40. The number of hydrogen-bond acceptors (Lipinski definition) is 5. The monoisotopic (exact) mass is 263 g/mol. The number of nitrogens with zero attached hydrogens (tertiary/aromatic N) is 1. The molecule has 0 aromatic heterocycles. The van der Waals surface area contributed by atoms with E-state index >= 15 is 0 Å². The minimum absolute atomic E-state index is 0.00190. The standard InChI is InChI=1S/C13H13NO5/c1-3-8-18-11-7-5-6-10(12(11)14(16)17)13(15)19-9-4-2/h3-7H,1-2,8-9H2. The summed E-state index contributed by atoms with van der Waals surface area (Å²) in [4.78, 5) is 22.1. The van der Waals surface area contributed by atoms with E-state index in [1.165, 1.54) is 30.4 Å². The molecule has 6 heteroatoms. The van der Waals surface area contributed by atoms with Crippen molar-refractivity contribution in [3.05, 3.63) is 59.2 Å². The van der Waals surface area contributed by atoms with Crippen molar-refractivity contribution in [1.82, 2.24) is 0 Å². The Bertz CT molecular complexity index is 510. The van der Waals surface area contributed by atoms with Gasteiger partial charge in [-0.3, -0.25) is 10.1 Å². The average Bonchev–Trinajstić information content (AvgIpc) is 2.41. The Hall–Kier alpha value is -2.63. The summed E-state index contributed by atoms with van der Waals surface area (Å²) >= 11 is 0. The van der Waals surface area contributed by atoms with Crippen LogP contribution in [0.1, 0.15) is 10.4 Å². The number of rotatable bonds is 7. The molecule has 100 valence electrons. The third kappa shape index (κ3) is 3.67. The molecule has 0 radical (unpaired) electrons. The number of hydrogen-bond donors (Lipinski definition) is 0. The Kier molecular flexibility index (Phi) is 5.28. The zero-order chi connectivity index (χ0) is 14.3. The molecule has 0 amide bonds. The van der Waals surface area contributed by atoms with E-state index in [2.05, 4.69) is 13.2 Å². The summed E-state index contributed by atoms with van der Waals surface area (Å²) < 4.78 is 9.95. The van der Waals surface area contributed by atoms with Crippen LogP contribution in [0.15, 0.2) is 43.5 Å². The Morgan fingerprint density at radius 2 is 2.00 bits per heavy atom. The molecule has 1 rings (SSSR count). The van der Waals surface area contributed by atoms with E-state index in [9.17, 15) is 14.9 Å². The lowest BCUT2D eigenvalue weighted by Crippen LogP contribution is -2.09. The van der Waals surface area contributed by atoms with Crippen LogP contribution in [0.5, 0.6) is 5.75 Å². The van der Waals surface area contributed by atoms with E-state index in [-0.39, 0.29) is 24.5 Å². The Morgan fingerprint density at radius 1 is 1.32 bits per heavy atom. The van der Waals surface area contributed by atoms with E-state index in [1.54, 1.807) is 0 Å². The lowest BCUT2D eigenvalue weighted by Gasteiger charge is -2.07. The van der Waals surface area contributed by atoms with Crippen LogP contribution < -0.4 is 4.74 Å². The number of carbonyl (C=O) groups is 1. The highest BCUT2D eigenvalue weighted by Gasteiger charge is 2.26. The van der Waals surface area contributed by atoms with Gasteiger partial charge in [-0.15, -0.1) is 0 Å². The van der Waals surface area contributed by atoms with Crippen LogP contribution in [-0.4, -0.2) is 24.1 Å². The predicted octanol–water partition coefficient (Wildman–Crippen LogP) is 2.50. The molecule has 0 N–H and O–H groups in total. The molecule has 19 heavy (non-hydrogen) atoms. The van der Waals surface area contributed by atoms with Gasteiger partial charge in [0.05, 0.1) is 4.92 Å². The zero-order valence-electron chi connectivity index (χ0n) is 10.2. The first kappa shape index (κ1) is 14.4. The number of benzene rings is 1. The number of nitro groups is 1. The van der Waals surface area contributed by atoms with Gasteiger partial charge >= 0.3 is 11.7 Å². The lowest BCUT2D eigenvalue weighted by atomic mass is 10.1. The fraction of sp³-hybridized carbons (Fsp3) is 0.154. The largest absolute Gasteiger partial charge is 0.483 e. The second-order valence-electron chi connectivity index (χ2n) is 3.40. The Balaban J connectivity index is 3.15. The van der Waals surface area contributed by atoms with Crippen LogP contribution in [0.2, 0.25) is 0 Å². The Labute approximate surface area is 110 Å². The van der Waals surface area contributed by atoms with Crippen molar-refractivity contribution < 1.29 is 19.2 Å². The van der Waals surface area contributed by atoms with Crippen LogP contribution in [0, 0.1) is 10.1 Å². The topological polar surface area (TPSA) is 78.7 Å². The summed E-state index contributed by atoms with van der Waals surface area (Å²) in [7, 11) is 0. The Morgan fingerprint density at radius 3 is 2.58 bits per heavy atom. The normalized spacial score (nSPS) is 9.47. The van der Waals surface area contributed by atoms with Gasteiger partial charge in [0, 0.05) is 0 Å². The van der Waals surface area contributed by atoms with Crippen LogP contribution in [0.4, 0.5) is 5.69 Å². The van der Waals surface area contributed by atoms with E-state index in [0.717, 1.165) is 0 Å². The van der Waals surface area contributed by atoms with Crippen molar-refractivity contribution in [2.45, 2.75) is 0 Å². The van der Waals surface area contributed by atoms with Crippen molar-refractivity contribution in [3.8, 4) is 5.75 Å². The maximum Gasteiger partial charge on any atom is 0.345 e. The summed E-state index contributed by atoms with van der Waals surface area (Å²) in [6, 6.07) is 4.20. The van der Waals surface area contributed by atoms with Gasteiger partial charge in [0.2, 0.25) is 0 Å². The minimum atomic E-state index is -0.796. The minimum Gasteiger partial charge on any atom is -0.483 e. The molecule has 0 heterocycles. The van der Waals surface area contributed by atoms with Gasteiger partial charge in [-0.2, -0.15) is 0 Å². The van der Waals surface area contributed by atoms with Gasteiger partial charge in [-0.05, 0) is 12.1 Å². The van der Waals surface area contributed by atoms with Crippen molar-refractivity contribution >= 4 is 11.7 Å². The maximum atomic E-state index is 11.7. The molecule has 0 aliphatic heterocycles. The molecular weight excluding hydrogens is 250 g/mol. The first-order valence-corrected chi connectivity index (χ1v) is 5.41. The summed E-state index contributed by atoms with van der Waals surface area (Å²) in [6.45, 7) is 6.93. The molecule has 0 aliphatic carbocycles. The molecule has 1 aromatic rings. The van der Waals surface area contributed by atoms with Crippen LogP contribution in [0.25, 0.3) is 0 Å². The third-order valence-corrected chi connectivity index (χ3v) is 2.09. The van der Waals surface area contributed by atoms with Gasteiger partial charge in [0.15, 0.2) is 5.75 Å². The summed E-state index contributed by atoms with van der Waals surface area (Å²) in [5, 5.41) is 11.1. The predicted molar refractivity (Wildman–Crippen MR) is 69.3 cm³/mol. The number of esters is 1. The van der Waals surface area contributed by atoms with Crippen LogP contribution in [-0.2, 0) is 4.74 Å². The van der Waals surface area contributed by atoms with E-state index in [0.29, 0.717) is 0 Å². The first-order chi connectivity index (χ1) is 9.11. The van der Waals surface area contributed by atoms with Crippen molar-refractivity contribution in [1.29, 1.82) is 0 Å². The van der Waals surface area contributed by atoms with Gasteiger partial charge in [-0.1, -0.05) is 31.4 Å². The molecule has 0 unspecified atom stereocenters. The molecule has 0 saturated carbocycles. The van der Waals surface area contributed by atoms with E-state index in [1.807, 2.05) is 0 Å². The highest BCUT2D eigenvalue weighted by Crippen LogP contribution is 2.31. The fourth-order valence-electron chi connectivity index (χ4n) is 1.35. The summed E-state index contributed by atoms with van der Waals surface area (Å²) in [5.41, 5.74) is -0.577. The molecule has 0 fully saturated rings. The zero-order valence-corrected chi connectivity index (χ0v) is 10.2. The fourth-order valence-corrected chi connectivity index (χ4v) is 1.35. The first-order valence-electron chi connectivity index (χ1n) is 5.41. The van der Waals surface area contributed by atoms with Crippen molar-refractivity contribution in [2.24, 2.45) is 0 Å². The van der Waals surface area contributed by atoms with Crippen LogP contribution in [0.3, 0.4) is 0 Å². The van der Waals surface area contributed by atoms with Gasteiger partial charge in [0.25, 0.3) is 0 Å². The summed E-state index contributed by atoms with van der Waals surface area (Å²) in [5.74, 6) is -0.798. The average molecular weight is 263 g/mol. The second kappa shape index (κ2) is 6.95. The van der Waals surface area contributed by atoms with Gasteiger partial charge in [0.1, 0.15) is 18.8 Å². The molecule has 0 spiro atoms. The van der Waals surface area contributed by atoms with Gasteiger partial charge < -0.3 is 9.47 Å². The number of ether oxygens (including phenoxy) is 2. The van der Waals surface area contributed by atoms with Crippen molar-refractivity contribution in [3.63, 3.8) is 0 Å². The quantitative estimate of drug-likeness (QED) is 0.327. The molecular formula is C13H13NO5. The third-order valence-electron chi connectivity index (χ3n) is 2.09. The maximum absolute atomic E-state index is 11.7. The molecule has 0 bridgehead atoms. The lowest BCUT2D eigenvalue weighted by molar-refractivity contribution is -0.386. The molecule has 0 saturated heterocycles. The molecule has 6 nitrogen and oxygen atoms in total. The number of para-hydroxylation sites is 1. The molecule has 1 aromatic carbocycles. The summed E-state index contributed by atoms with van der Waals surface area (Å²) in [6.07, 6.45) is 2.83. The molecule has 0 aliphatic rings. The van der Waals surface area contributed by atoms with E-state index < -0.39 is 16.6 Å². The molecule has 0 atom stereocenters. The number of nitro benzene ring substituents is 1. The van der Waals surface area contributed by atoms with Gasteiger partial charge in [-0.25, -0.2) is 4.79 Å². The van der Waals surface area contributed by atoms with Crippen molar-refractivity contribution in [2.75, 3.05) is 13.2 Å². The smallest absolute Gasteiger partial charge is 0.345 e. The SMILES string of the molecule is C=CCOC(=O)c1cccc(OCC=C)c1[N+](=O)[O-]. The number of carbonyl (C=O) groups excluding carboxylic acids is 1.